The average Bonchev–Trinajstić information content (AvgIpc) is 2.73. The SMILES string of the molecule is Cn1nccc1CCNc1cc(C(F)(F)F)cc(N)n1. The maximum Gasteiger partial charge on any atom is 0.416 e. The van der Waals surface area contributed by atoms with Gasteiger partial charge in [-0.1, -0.05) is 0 Å². The van der Waals surface area contributed by atoms with Crippen LogP contribution < -0.4 is 11.1 Å². The number of pyridine rings is 1. The molecule has 8 heteroatoms. The molecule has 20 heavy (non-hydrogen) atoms. The summed E-state index contributed by atoms with van der Waals surface area (Å²) in [6, 6.07) is 3.60. The number of rotatable bonds is 4. The van der Waals surface area contributed by atoms with Crippen molar-refractivity contribution < 1.29 is 13.2 Å². The van der Waals surface area contributed by atoms with Gasteiger partial charge in [0.1, 0.15) is 11.6 Å². The molecule has 0 saturated heterocycles. The van der Waals surface area contributed by atoms with Crippen molar-refractivity contribution in [3.05, 3.63) is 35.7 Å². The van der Waals surface area contributed by atoms with Crippen LogP contribution in [0.4, 0.5) is 24.8 Å². The van der Waals surface area contributed by atoms with E-state index >= 15 is 0 Å². The quantitative estimate of drug-likeness (QED) is 0.902. The smallest absolute Gasteiger partial charge is 0.384 e. The van der Waals surface area contributed by atoms with Gasteiger partial charge in [-0.25, -0.2) is 4.98 Å². The summed E-state index contributed by atoms with van der Waals surface area (Å²) in [4.78, 5) is 3.83. The molecule has 0 saturated carbocycles. The number of hydrogen-bond donors (Lipinski definition) is 2. The molecular weight excluding hydrogens is 271 g/mol. The fraction of sp³-hybridized carbons (Fsp3) is 0.333. The van der Waals surface area contributed by atoms with Crippen molar-refractivity contribution in [2.75, 3.05) is 17.6 Å². The van der Waals surface area contributed by atoms with Crippen LogP contribution in [-0.4, -0.2) is 21.3 Å². The zero-order valence-corrected chi connectivity index (χ0v) is 10.8. The van der Waals surface area contributed by atoms with Crippen molar-refractivity contribution in [1.82, 2.24) is 14.8 Å². The van der Waals surface area contributed by atoms with Crippen LogP contribution in [0.2, 0.25) is 0 Å². The predicted octanol–water partition coefficient (Wildman–Crippen LogP) is 2.07. The van der Waals surface area contributed by atoms with Crippen molar-refractivity contribution in [3.63, 3.8) is 0 Å². The Labute approximate surface area is 113 Å². The Balaban J connectivity index is 2.03. The fourth-order valence-corrected chi connectivity index (χ4v) is 1.77. The number of aryl methyl sites for hydroxylation is 1. The number of nitrogens with one attached hydrogen (secondary N) is 1. The average molecular weight is 285 g/mol. The molecule has 0 radical (unpaired) electrons. The standard InChI is InChI=1S/C12H14F3N5/c1-20-9(3-5-18-20)2-4-17-11-7-8(12(13,14)15)6-10(16)19-11/h3,5-7H,2,4H2,1H3,(H3,16,17,19). The van der Waals surface area contributed by atoms with Crippen LogP contribution in [0, 0.1) is 0 Å². The molecule has 2 rings (SSSR count). The number of nitrogen functional groups attached to an aromatic ring is 1. The second-order valence-corrected chi connectivity index (χ2v) is 4.29. The molecule has 2 heterocycles. The van der Waals surface area contributed by atoms with Gasteiger partial charge in [-0.3, -0.25) is 4.68 Å². The van der Waals surface area contributed by atoms with E-state index in [4.69, 9.17) is 5.73 Å². The Kier molecular flexibility index (Phi) is 3.82. The van der Waals surface area contributed by atoms with Gasteiger partial charge in [0, 0.05) is 31.9 Å². The molecule has 5 nitrogen and oxygen atoms in total. The largest absolute Gasteiger partial charge is 0.416 e. The lowest BCUT2D eigenvalue weighted by Gasteiger charge is -2.11. The van der Waals surface area contributed by atoms with Crippen LogP contribution in [-0.2, 0) is 19.6 Å². The molecule has 2 aromatic rings. The Hall–Kier alpha value is -2.25. The van der Waals surface area contributed by atoms with E-state index in [1.54, 1.807) is 17.9 Å². The summed E-state index contributed by atoms with van der Waals surface area (Å²) in [5.41, 5.74) is 5.54. The minimum absolute atomic E-state index is 0.111. The van der Waals surface area contributed by atoms with E-state index in [1.165, 1.54) is 0 Å². The third-order valence-corrected chi connectivity index (χ3v) is 2.78. The molecule has 0 bridgehead atoms. The first-order chi connectivity index (χ1) is 9.36. The number of aromatic nitrogens is 3. The van der Waals surface area contributed by atoms with Crippen LogP contribution in [0.3, 0.4) is 0 Å². The summed E-state index contributed by atoms with van der Waals surface area (Å²) in [6.07, 6.45) is -2.15. The Bertz CT molecular complexity index is 591. The molecule has 0 unspecified atom stereocenters. The molecule has 0 spiro atoms. The number of nitrogens with zero attached hydrogens (tertiary/aromatic N) is 3. The maximum absolute atomic E-state index is 12.6. The topological polar surface area (TPSA) is 68.8 Å². The predicted molar refractivity (Wildman–Crippen MR) is 69.1 cm³/mol. The number of anilines is 2. The summed E-state index contributed by atoms with van der Waals surface area (Å²) < 4.78 is 39.6. The number of halogens is 3. The molecule has 0 aliphatic carbocycles. The highest BCUT2D eigenvalue weighted by Gasteiger charge is 2.31. The molecule has 0 amide bonds. The van der Waals surface area contributed by atoms with Gasteiger partial charge in [-0.2, -0.15) is 18.3 Å². The van der Waals surface area contributed by atoms with Crippen LogP contribution >= 0.6 is 0 Å². The zero-order chi connectivity index (χ0) is 14.8. The zero-order valence-electron chi connectivity index (χ0n) is 10.8. The van der Waals surface area contributed by atoms with Gasteiger partial charge in [-0.15, -0.1) is 0 Å². The Morgan fingerprint density at radius 3 is 2.70 bits per heavy atom. The lowest BCUT2D eigenvalue weighted by molar-refractivity contribution is -0.137. The van der Waals surface area contributed by atoms with Crippen molar-refractivity contribution in [3.8, 4) is 0 Å². The first-order valence-corrected chi connectivity index (χ1v) is 5.92. The molecule has 108 valence electrons. The molecule has 0 aromatic carbocycles. The van der Waals surface area contributed by atoms with Gasteiger partial charge in [-0.05, 0) is 18.2 Å². The minimum Gasteiger partial charge on any atom is -0.384 e. The third-order valence-electron chi connectivity index (χ3n) is 2.78. The first-order valence-electron chi connectivity index (χ1n) is 5.92. The number of alkyl halides is 3. The van der Waals surface area contributed by atoms with Gasteiger partial charge in [0.2, 0.25) is 0 Å². The van der Waals surface area contributed by atoms with E-state index < -0.39 is 11.7 Å². The molecule has 0 aliphatic rings. The minimum atomic E-state index is -4.43. The van der Waals surface area contributed by atoms with Crippen molar-refractivity contribution >= 4 is 11.6 Å². The van der Waals surface area contributed by atoms with E-state index in [2.05, 4.69) is 15.4 Å². The molecular formula is C12H14F3N5. The summed E-state index contributed by atoms with van der Waals surface area (Å²) in [6.45, 7) is 0.438. The summed E-state index contributed by atoms with van der Waals surface area (Å²) in [7, 11) is 1.80. The van der Waals surface area contributed by atoms with Gasteiger partial charge in [0.15, 0.2) is 0 Å². The lowest BCUT2D eigenvalue weighted by Crippen LogP contribution is -2.12. The summed E-state index contributed by atoms with van der Waals surface area (Å²) in [5, 5.41) is 6.84. The van der Waals surface area contributed by atoms with E-state index in [9.17, 15) is 13.2 Å². The molecule has 0 fully saturated rings. The molecule has 2 aromatic heterocycles. The van der Waals surface area contributed by atoms with Crippen LogP contribution in [0.5, 0.6) is 0 Å². The first kappa shape index (κ1) is 14.2. The summed E-state index contributed by atoms with van der Waals surface area (Å²) >= 11 is 0. The lowest BCUT2D eigenvalue weighted by atomic mass is 10.2. The Morgan fingerprint density at radius 2 is 2.10 bits per heavy atom. The van der Waals surface area contributed by atoms with Crippen molar-refractivity contribution in [1.29, 1.82) is 0 Å². The highest BCUT2D eigenvalue weighted by atomic mass is 19.4. The number of nitrogens with two attached hydrogens (primary N) is 1. The maximum atomic E-state index is 12.6. The second kappa shape index (κ2) is 5.40. The van der Waals surface area contributed by atoms with Gasteiger partial charge < -0.3 is 11.1 Å². The normalized spacial score (nSPS) is 11.6. The van der Waals surface area contributed by atoms with Gasteiger partial charge in [0.25, 0.3) is 0 Å². The van der Waals surface area contributed by atoms with E-state index in [0.717, 1.165) is 17.8 Å². The molecule has 0 atom stereocenters. The van der Waals surface area contributed by atoms with E-state index in [0.29, 0.717) is 13.0 Å². The van der Waals surface area contributed by atoms with Crippen LogP contribution in [0.25, 0.3) is 0 Å². The fourth-order valence-electron chi connectivity index (χ4n) is 1.77. The van der Waals surface area contributed by atoms with Crippen molar-refractivity contribution in [2.45, 2.75) is 12.6 Å². The van der Waals surface area contributed by atoms with Crippen LogP contribution in [0.15, 0.2) is 24.4 Å². The van der Waals surface area contributed by atoms with E-state index in [-0.39, 0.29) is 11.6 Å². The summed E-state index contributed by atoms with van der Waals surface area (Å²) in [5.74, 6) is -0.0534. The number of hydrogen-bond acceptors (Lipinski definition) is 4. The highest BCUT2D eigenvalue weighted by Crippen LogP contribution is 2.31. The van der Waals surface area contributed by atoms with Crippen LogP contribution in [0.1, 0.15) is 11.3 Å². The van der Waals surface area contributed by atoms with E-state index in [1.807, 2.05) is 6.07 Å². The molecule has 0 aliphatic heterocycles. The highest BCUT2D eigenvalue weighted by molar-refractivity contribution is 5.47. The molecule has 3 N–H and O–H groups in total. The Morgan fingerprint density at radius 1 is 1.35 bits per heavy atom. The van der Waals surface area contributed by atoms with Crippen molar-refractivity contribution in [2.24, 2.45) is 7.05 Å². The van der Waals surface area contributed by atoms with Gasteiger partial charge >= 0.3 is 6.18 Å². The van der Waals surface area contributed by atoms with Gasteiger partial charge in [0.05, 0.1) is 5.56 Å². The monoisotopic (exact) mass is 285 g/mol. The second-order valence-electron chi connectivity index (χ2n) is 4.29. The third kappa shape index (κ3) is 3.40.